The molecule has 1 nitrogen and oxygen atoms in total. The molecule has 1 aromatic carbocycles. The third kappa shape index (κ3) is 5.51. The summed E-state index contributed by atoms with van der Waals surface area (Å²) >= 11 is 5.72. The molecule has 3 heteroatoms. The molecule has 0 saturated carbocycles. The van der Waals surface area contributed by atoms with Crippen LogP contribution in [0.15, 0.2) is 18.2 Å². The second-order valence-electron chi connectivity index (χ2n) is 4.94. The van der Waals surface area contributed by atoms with Crippen LogP contribution in [0.5, 0.6) is 0 Å². The van der Waals surface area contributed by atoms with Gasteiger partial charge in [0.2, 0.25) is 0 Å². The van der Waals surface area contributed by atoms with Crippen molar-refractivity contribution in [2.75, 3.05) is 6.54 Å². The molecule has 0 saturated heterocycles. The Bertz CT molecular complexity index is 352. The van der Waals surface area contributed by atoms with Crippen LogP contribution in [0.3, 0.4) is 0 Å². The smallest absolute Gasteiger partial charge is 0.127 e. The lowest BCUT2D eigenvalue weighted by atomic mass is 9.97. The lowest BCUT2D eigenvalue weighted by Gasteiger charge is -2.14. The van der Waals surface area contributed by atoms with E-state index in [2.05, 4.69) is 26.1 Å². The van der Waals surface area contributed by atoms with Crippen molar-refractivity contribution < 1.29 is 4.39 Å². The zero-order chi connectivity index (χ0) is 12.8. The van der Waals surface area contributed by atoms with Gasteiger partial charge in [0.15, 0.2) is 0 Å². The van der Waals surface area contributed by atoms with Gasteiger partial charge in [-0.1, -0.05) is 38.4 Å². The van der Waals surface area contributed by atoms with Gasteiger partial charge in [0.1, 0.15) is 5.82 Å². The highest BCUT2D eigenvalue weighted by molar-refractivity contribution is 6.30. The van der Waals surface area contributed by atoms with Gasteiger partial charge in [0.25, 0.3) is 0 Å². The van der Waals surface area contributed by atoms with E-state index in [4.69, 9.17) is 11.6 Å². The van der Waals surface area contributed by atoms with Gasteiger partial charge >= 0.3 is 0 Å². The van der Waals surface area contributed by atoms with Crippen LogP contribution in [0.2, 0.25) is 5.02 Å². The Morgan fingerprint density at radius 1 is 1.29 bits per heavy atom. The summed E-state index contributed by atoms with van der Waals surface area (Å²) in [6.45, 7) is 7.39. The highest BCUT2D eigenvalue weighted by Gasteiger charge is 2.08. The molecule has 0 amide bonds. The van der Waals surface area contributed by atoms with Crippen molar-refractivity contribution in [2.24, 2.45) is 5.92 Å². The summed E-state index contributed by atoms with van der Waals surface area (Å²) in [7, 11) is 0. The number of nitrogens with one attached hydrogen (secondary N) is 1. The topological polar surface area (TPSA) is 12.0 Å². The predicted molar refractivity (Wildman–Crippen MR) is 72.0 cm³/mol. The lowest BCUT2D eigenvalue weighted by Crippen LogP contribution is -2.25. The Hall–Kier alpha value is -0.600. The van der Waals surface area contributed by atoms with Gasteiger partial charge in [-0.15, -0.1) is 0 Å². The summed E-state index contributed by atoms with van der Waals surface area (Å²) in [6, 6.07) is 5.42. The zero-order valence-electron chi connectivity index (χ0n) is 10.8. The molecule has 0 heterocycles. The first-order valence-corrected chi connectivity index (χ1v) is 6.54. The van der Waals surface area contributed by atoms with Crippen LogP contribution in [0.25, 0.3) is 0 Å². The van der Waals surface area contributed by atoms with Crippen LogP contribution in [0, 0.1) is 11.7 Å². The molecular formula is C14H21ClFN. The number of rotatable bonds is 6. The van der Waals surface area contributed by atoms with Gasteiger partial charge in [-0.05, 0) is 43.0 Å². The van der Waals surface area contributed by atoms with Crippen LogP contribution in [-0.2, 0) is 6.42 Å². The monoisotopic (exact) mass is 257 g/mol. The van der Waals surface area contributed by atoms with E-state index in [-0.39, 0.29) is 5.82 Å². The molecule has 17 heavy (non-hydrogen) atoms. The molecule has 1 unspecified atom stereocenters. The van der Waals surface area contributed by atoms with Crippen molar-refractivity contribution in [1.29, 1.82) is 0 Å². The van der Waals surface area contributed by atoms with Gasteiger partial charge in [-0.2, -0.15) is 0 Å². The quantitative estimate of drug-likeness (QED) is 0.811. The summed E-state index contributed by atoms with van der Waals surface area (Å²) < 4.78 is 13.6. The number of benzene rings is 1. The second-order valence-corrected chi connectivity index (χ2v) is 5.38. The van der Waals surface area contributed by atoms with Crippen molar-refractivity contribution in [3.63, 3.8) is 0 Å². The summed E-state index contributed by atoms with van der Waals surface area (Å²) in [5, 5.41) is 3.83. The van der Waals surface area contributed by atoms with Crippen LogP contribution in [0.1, 0.15) is 32.8 Å². The molecule has 0 aliphatic rings. The average Bonchev–Trinajstić information content (AvgIpc) is 2.21. The van der Waals surface area contributed by atoms with Crippen molar-refractivity contribution in [2.45, 2.75) is 39.7 Å². The van der Waals surface area contributed by atoms with E-state index < -0.39 is 0 Å². The zero-order valence-corrected chi connectivity index (χ0v) is 11.5. The summed E-state index contributed by atoms with van der Waals surface area (Å²) in [4.78, 5) is 0. The summed E-state index contributed by atoms with van der Waals surface area (Å²) in [6.07, 6.45) is 1.82. The minimum absolute atomic E-state index is 0.193. The molecule has 96 valence electrons. The lowest BCUT2D eigenvalue weighted by molar-refractivity contribution is 0.468. The van der Waals surface area contributed by atoms with E-state index in [1.54, 1.807) is 12.1 Å². The summed E-state index contributed by atoms with van der Waals surface area (Å²) in [5.74, 6) is 0.276. The molecule has 0 fully saturated rings. The fourth-order valence-corrected chi connectivity index (χ4v) is 1.94. The molecular weight excluding hydrogens is 237 g/mol. The minimum atomic E-state index is -0.193. The average molecular weight is 258 g/mol. The molecule has 0 aromatic heterocycles. The predicted octanol–water partition coefficient (Wildman–Crippen LogP) is 4.05. The van der Waals surface area contributed by atoms with Crippen LogP contribution >= 0.6 is 11.6 Å². The van der Waals surface area contributed by atoms with Crippen LogP contribution in [-0.4, -0.2) is 12.6 Å². The number of halogens is 2. The van der Waals surface area contributed by atoms with E-state index in [1.165, 1.54) is 6.07 Å². The molecule has 0 spiro atoms. The summed E-state index contributed by atoms with van der Waals surface area (Å²) in [5.41, 5.74) is 0.756. The van der Waals surface area contributed by atoms with E-state index in [0.717, 1.165) is 24.9 Å². The van der Waals surface area contributed by atoms with Crippen LogP contribution < -0.4 is 5.32 Å². The Balaban J connectivity index is 2.42. The molecule has 1 atom stereocenters. The van der Waals surface area contributed by atoms with Crippen molar-refractivity contribution in [3.05, 3.63) is 34.6 Å². The Morgan fingerprint density at radius 2 is 2.00 bits per heavy atom. The third-order valence-corrected chi connectivity index (χ3v) is 3.01. The van der Waals surface area contributed by atoms with Gasteiger partial charge in [0, 0.05) is 11.1 Å². The molecule has 0 aliphatic heterocycles. The normalized spacial score (nSPS) is 13.1. The highest BCUT2D eigenvalue weighted by Crippen LogP contribution is 2.18. The van der Waals surface area contributed by atoms with E-state index >= 15 is 0 Å². The Morgan fingerprint density at radius 3 is 2.59 bits per heavy atom. The second kappa shape index (κ2) is 6.97. The first kappa shape index (κ1) is 14.5. The van der Waals surface area contributed by atoms with Crippen molar-refractivity contribution >= 4 is 11.6 Å². The van der Waals surface area contributed by atoms with Gasteiger partial charge in [-0.25, -0.2) is 4.39 Å². The molecule has 0 aliphatic carbocycles. The third-order valence-electron chi connectivity index (χ3n) is 2.77. The molecule has 1 rings (SSSR count). The maximum absolute atomic E-state index is 13.6. The van der Waals surface area contributed by atoms with Gasteiger partial charge in [-0.3, -0.25) is 0 Å². The van der Waals surface area contributed by atoms with Crippen molar-refractivity contribution in [1.82, 2.24) is 5.32 Å². The first-order chi connectivity index (χ1) is 7.99. The number of hydrogen-bond acceptors (Lipinski definition) is 1. The SMILES string of the molecule is CC(CCNC(C)C)Cc1ccc(Cl)cc1F. The van der Waals surface area contributed by atoms with E-state index in [0.29, 0.717) is 17.0 Å². The number of hydrogen-bond donors (Lipinski definition) is 1. The van der Waals surface area contributed by atoms with Gasteiger partial charge in [0.05, 0.1) is 0 Å². The molecule has 1 N–H and O–H groups in total. The molecule has 1 aromatic rings. The Labute approximate surface area is 108 Å². The largest absolute Gasteiger partial charge is 0.315 e. The fourth-order valence-electron chi connectivity index (χ4n) is 1.78. The highest BCUT2D eigenvalue weighted by atomic mass is 35.5. The molecule has 0 bridgehead atoms. The maximum atomic E-state index is 13.6. The van der Waals surface area contributed by atoms with Crippen molar-refractivity contribution in [3.8, 4) is 0 Å². The maximum Gasteiger partial charge on any atom is 0.127 e. The van der Waals surface area contributed by atoms with E-state index in [1.807, 2.05) is 0 Å². The fraction of sp³-hybridized carbons (Fsp3) is 0.571. The van der Waals surface area contributed by atoms with E-state index in [9.17, 15) is 4.39 Å². The standard InChI is InChI=1S/C14H21ClFN/c1-10(2)17-7-6-11(3)8-12-4-5-13(15)9-14(12)16/h4-5,9-11,17H,6-8H2,1-3H3. The van der Waals surface area contributed by atoms with Crippen LogP contribution in [0.4, 0.5) is 4.39 Å². The Kier molecular flexibility index (Phi) is 5.93. The van der Waals surface area contributed by atoms with Gasteiger partial charge < -0.3 is 5.32 Å². The minimum Gasteiger partial charge on any atom is -0.315 e. The molecule has 0 radical (unpaired) electrons. The first-order valence-electron chi connectivity index (χ1n) is 6.16.